The van der Waals surface area contributed by atoms with Crippen LogP contribution in [0, 0.1) is 5.82 Å². The number of rotatable bonds is 6. The molecule has 0 unspecified atom stereocenters. The molecule has 0 aliphatic heterocycles. The van der Waals surface area contributed by atoms with E-state index in [4.69, 9.17) is 11.6 Å². The molecule has 0 amide bonds. The molecule has 6 nitrogen and oxygen atoms in total. The molecule has 136 valence electrons. The van der Waals surface area contributed by atoms with Gasteiger partial charge >= 0.3 is 0 Å². The maximum Gasteiger partial charge on any atom is 0.242 e. The summed E-state index contributed by atoms with van der Waals surface area (Å²) in [5, 5.41) is -0.262. The van der Waals surface area contributed by atoms with Gasteiger partial charge in [0.15, 0.2) is 0 Å². The first-order valence-corrected chi connectivity index (χ1v) is 10.3. The molecule has 2 rings (SSSR count). The van der Waals surface area contributed by atoms with E-state index in [0.29, 0.717) is 0 Å². The van der Waals surface area contributed by atoms with Gasteiger partial charge in [-0.25, -0.2) is 30.3 Å². The lowest BCUT2D eigenvalue weighted by atomic mass is 10.2. The van der Waals surface area contributed by atoms with Gasteiger partial charge in [-0.05, 0) is 29.8 Å². The smallest absolute Gasteiger partial charge is 0.207 e. The normalized spacial score (nSPS) is 12.5. The topological polar surface area (TPSA) is 83.6 Å². The molecule has 0 aromatic heterocycles. The van der Waals surface area contributed by atoms with Crippen LogP contribution in [0.25, 0.3) is 0 Å². The van der Waals surface area contributed by atoms with Crippen LogP contribution in [0.1, 0.15) is 5.56 Å². The van der Waals surface area contributed by atoms with Gasteiger partial charge in [-0.3, -0.25) is 0 Å². The highest BCUT2D eigenvalue weighted by molar-refractivity contribution is 7.89. The van der Waals surface area contributed by atoms with Crippen molar-refractivity contribution in [1.29, 1.82) is 0 Å². The Labute approximate surface area is 151 Å². The van der Waals surface area contributed by atoms with Gasteiger partial charge in [-0.15, -0.1) is 0 Å². The molecule has 0 spiro atoms. The van der Waals surface area contributed by atoms with Crippen LogP contribution in [0.2, 0.25) is 5.02 Å². The summed E-state index contributed by atoms with van der Waals surface area (Å²) in [7, 11) is -5.01. The second kappa shape index (κ2) is 7.38. The summed E-state index contributed by atoms with van der Waals surface area (Å²) in [4.78, 5) is -0.295. The van der Waals surface area contributed by atoms with E-state index >= 15 is 0 Å². The predicted molar refractivity (Wildman–Crippen MR) is 92.8 cm³/mol. The van der Waals surface area contributed by atoms with E-state index in [0.717, 1.165) is 22.5 Å². The van der Waals surface area contributed by atoms with Crippen molar-refractivity contribution in [3.63, 3.8) is 0 Å². The zero-order valence-corrected chi connectivity index (χ0v) is 15.8. The predicted octanol–water partition coefficient (Wildman–Crippen LogP) is 2.21. The molecule has 0 atom stereocenters. The van der Waals surface area contributed by atoms with Crippen LogP contribution in [-0.4, -0.2) is 35.2 Å². The Bertz CT molecular complexity index is 992. The third-order valence-corrected chi connectivity index (χ3v) is 7.17. The van der Waals surface area contributed by atoms with Crippen LogP contribution in [0.15, 0.2) is 52.3 Å². The quantitative estimate of drug-likeness (QED) is 0.797. The molecular weight excluding hydrogens is 391 g/mol. The van der Waals surface area contributed by atoms with E-state index in [1.807, 2.05) is 0 Å². The van der Waals surface area contributed by atoms with Gasteiger partial charge in [0.2, 0.25) is 20.0 Å². The summed E-state index contributed by atoms with van der Waals surface area (Å²) in [6, 6.07) is 8.96. The van der Waals surface area contributed by atoms with E-state index in [9.17, 15) is 21.2 Å². The zero-order chi connectivity index (χ0) is 18.8. The molecule has 25 heavy (non-hydrogen) atoms. The second-order valence-electron chi connectivity index (χ2n) is 5.29. The van der Waals surface area contributed by atoms with Crippen molar-refractivity contribution >= 4 is 31.6 Å². The van der Waals surface area contributed by atoms with Crippen molar-refractivity contribution in [3.05, 3.63) is 58.9 Å². The zero-order valence-electron chi connectivity index (χ0n) is 13.4. The molecule has 1 N–H and O–H groups in total. The van der Waals surface area contributed by atoms with Crippen LogP contribution < -0.4 is 4.72 Å². The number of hydrogen-bond acceptors (Lipinski definition) is 4. The third kappa shape index (κ3) is 4.36. The highest BCUT2D eigenvalue weighted by atomic mass is 35.5. The van der Waals surface area contributed by atoms with Crippen molar-refractivity contribution in [2.75, 3.05) is 14.1 Å². The Morgan fingerprint density at radius 2 is 1.68 bits per heavy atom. The van der Waals surface area contributed by atoms with Crippen molar-refractivity contribution in [3.8, 4) is 0 Å². The molecule has 0 aliphatic carbocycles. The van der Waals surface area contributed by atoms with Crippen LogP contribution in [0.3, 0.4) is 0 Å². The monoisotopic (exact) mass is 406 g/mol. The summed E-state index contributed by atoms with van der Waals surface area (Å²) in [5.74, 6) is -0.661. The first-order chi connectivity index (χ1) is 11.6. The fourth-order valence-corrected chi connectivity index (χ4v) is 4.69. The standard InChI is InChI=1S/C15H16ClFN2O4S2/c1-19(2)25(22,23)14-6-4-3-5-11(14)10-18-24(20,21)15-8-7-12(17)9-13(15)16/h3-9,18H,10H2,1-2H3. The Hall–Kier alpha value is -1.52. The van der Waals surface area contributed by atoms with E-state index < -0.39 is 25.9 Å². The first kappa shape index (κ1) is 19.8. The molecule has 0 saturated heterocycles. The molecule has 2 aromatic carbocycles. The molecule has 10 heteroatoms. The molecule has 0 saturated carbocycles. The van der Waals surface area contributed by atoms with Gasteiger partial charge in [0.1, 0.15) is 10.7 Å². The average molecular weight is 407 g/mol. The molecule has 2 aromatic rings. The number of hydrogen-bond donors (Lipinski definition) is 1. The fourth-order valence-electron chi connectivity index (χ4n) is 2.04. The van der Waals surface area contributed by atoms with Crippen molar-refractivity contribution in [2.45, 2.75) is 16.3 Å². The average Bonchev–Trinajstić information content (AvgIpc) is 2.52. The SMILES string of the molecule is CN(C)S(=O)(=O)c1ccccc1CNS(=O)(=O)c1ccc(F)cc1Cl. The van der Waals surface area contributed by atoms with Gasteiger partial charge < -0.3 is 0 Å². The van der Waals surface area contributed by atoms with Crippen molar-refractivity contribution < 1.29 is 21.2 Å². The maximum atomic E-state index is 13.1. The lowest BCUT2D eigenvalue weighted by Crippen LogP contribution is -2.27. The Morgan fingerprint density at radius 3 is 2.28 bits per heavy atom. The van der Waals surface area contributed by atoms with E-state index in [1.54, 1.807) is 12.1 Å². The Kier molecular flexibility index (Phi) is 5.85. The molecule has 0 radical (unpaired) electrons. The second-order valence-corrected chi connectivity index (χ2v) is 9.56. The van der Waals surface area contributed by atoms with Crippen LogP contribution >= 0.6 is 11.6 Å². The first-order valence-electron chi connectivity index (χ1n) is 7.01. The maximum absolute atomic E-state index is 13.1. The number of nitrogens with one attached hydrogen (secondary N) is 1. The molecule has 0 aliphatic rings. The number of halogens is 2. The number of benzene rings is 2. The van der Waals surface area contributed by atoms with E-state index in [1.165, 1.54) is 26.2 Å². The summed E-state index contributed by atoms with van der Waals surface area (Å²) in [6.45, 7) is -0.265. The van der Waals surface area contributed by atoms with Crippen molar-refractivity contribution in [2.24, 2.45) is 0 Å². The lowest BCUT2D eigenvalue weighted by Gasteiger charge is -2.15. The van der Waals surface area contributed by atoms with Gasteiger partial charge in [-0.2, -0.15) is 0 Å². The van der Waals surface area contributed by atoms with Gasteiger partial charge in [0, 0.05) is 20.6 Å². The lowest BCUT2D eigenvalue weighted by molar-refractivity contribution is 0.519. The third-order valence-electron chi connectivity index (χ3n) is 3.37. The molecule has 0 heterocycles. The van der Waals surface area contributed by atoms with Crippen LogP contribution in [-0.2, 0) is 26.6 Å². The van der Waals surface area contributed by atoms with Gasteiger partial charge in [0.25, 0.3) is 0 Å². The molecular formula is C15H16ClFN2O4S2. The largest absolute Gasteiger partial charge is 0.242 e. The van der Waals surface area contributed by atoms with Crippen LogP contribution in [0.4, 0.5) is 4.39 Å². The highest BCUT2D eigenvalue weighted by Crippen LogP contribution is 2.23. The number of sulfonamides is 2. The fraction of sp³-hybridized carbons (Fsp3) is 0.200. The van der Waals surface area contributed by atoms with E-state index in [2.05, 4.69) is 4.72 Å². The summed E-state index contributed by atoms with van der Waals surface area (Å²) in [5.41, 5.74) is 0.276. The Morgan fingerprint density at radius 1 is 1.04 bits per heavy atom. The Balaban J connectivity index is 2.33. The van der Waals surface area contributed by atoms with E-state index in [-0.39, 0.29) is 26.9 Å². The minimum absolute atomic E-state index is 0.00657. The molecule has 0 bridgehead atoms. The van der Waals surface area contributed by atoms with Gasteiger partial charge in [0.05, 0.1) is 9.92 Å². The highest BCUT2D eigenvalue weighted by Gasteiger charge is 2.23. The summed E-state index contributed by atoms with van der Waals surface area (Å²) in [6.07, 6.45) is 0. The molecule has 0 fully saturated rings. The van der Waals surface area contributed by atoms with Crippen molar-refractivity contribution in [1.82, 2.24) is 9.03 Å². The summed E-state index contributed by atoms with van der Waals surface area (Å²) >= 11 is 5.78. The van der Waals surface area contributed by atoms with Crippen LogP contribution in [0.5, 0.6) is 0 Å². The summed E-state index contributed by atoms with van der Waals surface area (Å²) < 4.78 is 65.8. The van der Waals surface area contributed by atoms with Gasteiger partial charge in [-0.1, -0.05) is 29.8 Å². The minimum Gasteiger partial charge on any atom is -0.207 e. The minimum atomic E-state index is -4.05. The number of nitrogens with zero attached hydrogens (tertiary/aromatic N) is 1.